The van der Waals surface area contributed by atoms with Crippen LogP contribution in [0.1, 0.15) is 0 Å². The third kappa shape index (κ3) is 1.23. The van der Waals surface area contributed by atoms with Gasteiger partial charge in [-0.3, -0.25) is 0 Å². The van der Waals surface area contributed by atoms with Gasteiger partial charge in [0.1, 0.15) is 16.7 Å². The van der Waals surface area contributed by atoms with Crippen LogP contribution in [0, 0.1) is 0 Å². The fraction of sp³-hybridized carbons (Fsp3) is 0. The van der Waals surface area contributed by atoms with Crippen LogP contribution in [0.5, 0.6) is 0 Å². The van der Waals surface area contributed by atoms with Gasteiger partial charge in [-0.05, 0) is 18.2 Å². The number of nitrogens with zero attached hydrogens (tertiary/aromatic N) is 4. The summed E-state index contributed by atoms with van der Waals surface area (Å²) < 4.78 is 1.12. The standard InChI is InChI=1S/C12H6N4S/c1-2-7-11-10(17-12(7)14-3-1)4-8-9(16-11)5-13-6-15-8/h1-6H. The highest BCUT2D eigenvalue weighted by molar-refractivity contribution is 7.25. The SMILES string of the molecule is c1cnc2sc3cc4ncncc4nc3c2c1. The van der Waals surface area contributed by atoms with Crippen LogP contribution in [0.15, 0.2) is 36.9 Å². The Balaban J connectivity index is 2.28. The maximum atomic E-state index is 4.61. The van der Waals surface area contributed by atoms with E-state index in [-0.39, 0.29) is 0 Å². The number of fused-ring (bicyclic) bond motifs is 4. The quantitative estimate of drug-likeness (QED) is 0.472. The fourth-order valence-electron chi connectivity index (χ4n) is 1.92. The molecule has 0 saturated carbocycles. The van der Waals surface area contributed by atoms with Gasteiger partial charge in [0.2, 0.25) is 0 Å². The number of pyridine rings is 2. The van der Waals surface area contributed by atoms with Gasteiger partial charge in [-0.1, -0.05) is 0 Å². The van der Waals surface area contributed by atoms with Crippen molar-refractivity contribution in [3.05, 3.63) is 36.9 Å². The molecule has 4 aromatic heterocycles. The van der Waals surface area contributed by atoms with Crippen LogP contribution < -0.4 is 0 Å². The summed E-state index contributed by atoms with van der Waals surface area (Å²) in [5, 5.41) is 1.10. The summed E-state index contributed by atoms with van der Waals surface area (Å²) in [5.74, 6) is 0. The number of hydrogen-bond donors (Lipinski definition) is 0. The summed E-state index contributed by atoms with van der Waals surface area (Å²) in [5.41, 5.74) is 2.68. The molecule has 0 amide bonds. The van der Waals surface area contributed by atoms with Gasteiger partial charge >= 0.3 is 0 Å². The molecule has 17 heavy (non-hydrogen) atoms. The zero-order valence-corrected chi connectivity index (χ0v) is 9.48. The molecule has 4 aromatic rings. The third-order valence-corrected chi connectivity index (χ3v) is 3.74. The van der Waals surface area contributed by atoms with E-state index in [9.17, 15) is 0 Å². The lowest BCUT2D eigenvalue weighted by molar-refractivity contribution is 1.21. The second-order valence-electron chi connectivity index (χ2n) is 3.72. The minimum absolute atomic E-state index is 0.823. The van der Waals surface area contributed by atoms with Crippen LogP contribution in [0.25, 0.3) is 31.5 Å². The monoisotopic (exact) mass is 238 g/mol. The Morgan fingerprint density at radius 2 is 2.12 bits per heavy atom. The molecule has 0 aliphatic rings. The normalized spacial score (nSPS) is 11.5. The van der Waals surface area contributed by atoms with Gasteiger partial charge in [0.15, 0.2) is 0 Å². The van der Waals surface area contributed by atoms with Crippen molar-refractivity contribution in [2.24, 2.45) is 0 Å². The van der Waals surface area contributed by atoms with E-state index in [1.807, 2.05) is 18.2 Å². The van der Waals surface area contributed by atoms with E-state index < -0.39 is 0 Å². The van der Waals surface area contributed by atoms with Crippen LogP contribution in [-0.2, 0) is 0 Å². The van der Waals surface area contributed by atoms with Crippen LogP contribution in [0.2, 0.25) is 0 Å². The Bertz CT molecular complexity index is 847. The highest BCUT2D eigenvalue weighted by atomic mass is 32.1. The summed E-state index contributed by atoms with van der Waals surface area (Å²) in [7, 11) is 0. The number of thiophene rings is 1. The van der Waals surface area contributed by atoms with Crippen molar-refractivity contribution in [3.8, 4) is 0 Å². The van der Waals surface area contributed by atoms with Crippen molar-refractivity contribution in [1.29, 1.82) is 0 Å². The molecule has 0 fully saturated rings. The Morgan fingerprint density at radius 3 is 3.12 bits per heavy atom. The maximum absolute atomic E-state index is 4.61. The van der Waals surface area contributed by atoms with Gasteiger partial charge in [0.05, 0.1) is 21.9 Å². The van der Waals surface area contributed by atoms with E-state index in [0.29, 0.717) is 0 Å². The molecule has 0 aliphatic carbocycles. The molecule has 0 atom stereocenters. The first-order valence-electron chi connectivity index (χ1n) is 5.16. The van der Waals surface area contributed by atoms with E-state index in [1.165, 1.54) is 0 Å². The molecule has 0 saturated heterocycles. The summed E-state index contributed by atoms with van der Waals surface area (Å²) in [6, 6.07) is 6.03. The van der Waals surface area contributed by atoms with Gasteiger partial charge in [0, 0.05) is 11.6 Å². The van der Waals surface area contributed by atoms with Gasteiger partial charge in [-0.25, -0.2) is 19.9 Å². The van der Waals surface area contributed by atoms with Crippen molar-refractivity contribution in [2.45, 2.75) is 0 Å². The van der Waals surface area contributed by atoms with E-state index >= 15 is 0 Å². The summed E-state index contributed by atoms with van der Waals surface area (Å²) in [6.45, 7) is 0. The maximum Gasteiger partial charge on any atom is 0.126 e. The van der Waals surface area contributed by atoms with Crippen molar-refractivity contribution in [3.63, 3.8) is 0 Å². The Kier molecular flexibility index (Phi) is 1.67. The lowest BCUT2D eigenvalue weighted by Gasteiger charge is -1.95. The lowest BCUT2D eigenvalue weighted by atomic mass is 10.2. The van der Waals surface area contributed by atoms with Gasteiger partial charge < -0.3 is 0 Å². The average Bonchev–Trinajstić information content (AvgIpc) is 2.73. The van der Waals surface area contributed by atoms with Crippen molar-refractivity contribution in [2.75, 3.05) is 0 Å². The predicted octanol–water partition coefficient (Wildman–Crippen LogP) is 2.79. The van der Waals surface area contributed by atoms with Crippen LogP contribution >= 0.6 is 11.3 Å². The first-order chi connectivity index (χ1) is 8.42. The minimum atomic E-state index is 0.823. The second-order valence-corrected chi connectivity index (χ2v) is 4.75. The van der Waals surface area contributed by atoms with E-state index in [0.717, 1.165) is 31.5 Å². The molecular weight excluding hydrogens is 232 g/mol. The molecule has 4 heterocycles. The minimum Gasteiger partial charge on any atom is -0.245 e. The highest BCUT2D eigenvalue weighted by Crippen LogP contribution is 2.32. The molecule has 0 N–H and O–H groups in total. The molecule has 4 rings (SSSR count). The van der Waals surface area contributed by atoms with E-state index in [2.05, 4.69) is 19.9 Å². The highest BCUT2D eigenvalue weighted by Gasteiger charge is 2.08. The van der Waals surface area contributed by atoms with Gasteiger partial charge in [0.25, 0.3) is 0 Å². The van der Waals surface area contributed by atoms with Crippen LogP contribution in [0.4, 0.5) is 0 Å². The molecule has 0 unspecified atom stereocenters. The summed E-state index contributed by atoms with van der Waals surface area (Å²) in [4.78, 5) is 18.2. The van der Waals surface area contributed by atoms with E-state index in [1.54, 1.807) is 30.1 Å². The van der Waals surface area contributed by atoms with Crippen LogP contribution in [0.3, 0.4) is 0 Å². The third-order valence-electron chi connectivity index (χ3n) is 2.69. The summed E-state index contributed by atoms with van der Waals surface area (Å²) in [6.07, 6.45) is 5.08. The smallest absolute Gasteiger partial charge is 0.126 e. The molecule has 5 heteroatoms. The van der Waals surface area contributed by atoms with Crippen molar-refractivity contribution < 1.29 is 0 Å². The molecule has 0 bridgehead atoms. The molecule has 80 valence electrons. The number of rotatable bonds is 0. The molecular formula is C12H6N4S. The Morgan fingerprint density at radius 1 is 1.12 bits per heavy atom. The molecule has 4 nitrogen and oxygen atoms in total. The largest absolute Gasteiger partial charge is 0.245 e. The lowest BCUT2D eigenvalue weighted by Crippen LogP contribution is -1.84. The number of hydrogen-bond acceptors (Lipinski definition) is 5. The number of aromatic nitrogens is 4. The molecule has 0 aliphatic heterocycles. The fourth-order valence-corrected chi connectivity index (χ4v) is 2.94. The van der Waals surface area contributed by atoms with E-state index in [4.69, 9.17) is 0 Å². The first kappa shape index (κ1) is 8.95. The zero-order chi connectivity index (χ0) is 11.2. The first-order valence-corrected chi connectivity index (χ1v) is 5.97. The van der Waals surface area contributed by atoms with Crippen LogP contribution in [-0.4, -0.2) is 19.9 Å². The average molecular weight is 238 g/mol. The predicted molar refractivity (Wildman–Crippen MR) is 68.0 cm³/mol. The molecule has 0 radical (unpaired) electrons. The van der Waals surface area contributed by atoms with Crippen molar-refractivity contribution >= 4 is 42.8 Å². The molecule has 0 spiro atoms. The summed E-state index contributed by atoms with van der Waals surface area (Å²) >= 11 is 1.64. The van der Waals surface area contributed by atoms with Gasteiger partial charge in [-0.2, -0.15) is 0 Å². The van der Waals surface area contributed by atoms with Gasteiger partial charge in [-0.15, -0.1) is 11.3 Å². The molecule has 0 aromatic carbocycles. The Labute approximate surface area is 100.0 Å². The zero-order valence-electron chi connectivity index (χ0n) is 8.66. The topological polar surface area (TPSA) is 51.6 Å². The Hall–Kier alpha value is -2.14. The van der Waals surface area contributed by atoms with Crippen molar-refractivity contribution in [1.82, 2.24) is 19.9 Å². The second kappa shape index (κ2) is 3.18.